The number of aliphatic hydroxyl groups is 1. The summed E-state index contributed by atoms with van der Waals surface area (Å²) in [6.45, 7) is 6.30. The highest BCUT2D eigenvalue weighted by Crippen LogP contribution is 2.64. The Bertz CT molecular complexity index is 496. The highest BCUT2D eigenvalue weighted by molar-refractivity contribution is 5.79. The summed E-state index contributed by atoms with van der Waals surface area (Å²) in [5, 5.41) is 10.5. The van der Waals surface area contributed by atoms with Crippen molar-refractivity contribution in [2.45, 2.75) is 84.2 Å². The zero-order valence-electron chi connectivity index (χ0n) is 15.2. The Labute approximate surface area is 141 Å². The summed E-state index contributed by atoms with van der Waals surface area (Å²) in [5.41, 5.74) is -0.121. The van der Waals surface area contributed by atoms with Gasteiger partial charge in [0.25, 0.3) is 0 Å². The number of carbonyl (C=O) groups excluding carboxylic acids is 1. The van der Waals surface area contributed by atoms with Gasteiger partial charge in [0.1, 0.15) is 5.78 Å². The lowest BCUT2D eigenvalue weighted by Gasteiger charge is -2.56. The molecule has 4 fully saturated rings. The molecule has 0 unspecified atom stereocenters. The maximum atomic E-state index is 12.1. The molecule has 2 heteroatoms. The Morgan fingerprint density at radius 2 is 1.65 bits per heavy atom. The van der Waals surface area contributed by atoms with Crippen LogP contribution in [-0.2, 0) is 4.79 Å². The van der Waals surface area contributed by atoms with Crippen LogP contribution in [0.3, 0.4) is 0 Å². The smallest absolute Gasteiger partial charge is 0.133 e. The first-order valence-electron chi connectivity index (χ1n) is 10.0. The molecule has 0 radical (unpaired) electrons. The minimum absolute atomic E-state index is 0.292. The molecule has 0 aromatic heterocycles. The van der Waals surface area contributed by atoms with Crippen LogP contribution < -0.4 is 0 Å². The third kappa shape index (κ3) is 2.42. The second-order valence-corrected chi connectivity index (χ2v) is 9.96. The summed E-state index contributed by atoms with van der Waals surface area (Å²) in [5.74, 6) is 4.92. The van der Waals surface area contributed by atoms with Gasteiger partial charge in [-0.2, -0.15) is 0 Å². The van der Waals surface area contributed by atoms with Crippen molar-refractivity contribution >= 4 is 5.78 Å². The van der Waals surface area contributed by atoms with Gasteiger partial charge in [-0.1, -0.05) is 6.92 Å². The Kier molecular flexibility index (Phi) is 3.72. The van der Waals surface area contributed by atoms with Gasteiger partial charge in [0.15, 0.2) is 0 Å². The molecule has 0 saturated heterocycles. The van der Waals surface area contributed by atoms with Gasteiger partial charge in [0, 0.05) is 5.92 Å². The van der Waals surface area contributed by atoms with Crippen LogP contribution in [-0.4, -0.2) is 16.5 Å². The van der Waals surface area contributed by atoms with E-state index in [9.17, 15) is 9.90 Å². The van der Waals surface area contributed by atoms with Gasteiger partial charge in [-0.15, -0.1) is 0 Å². The Hall–Kier alpha value is -0.370. The highest BCUT2D eigenvalue weighted by Gasteiger charge is 2.58. The van der Waals surface area contributed by atoms with Crippen molar-refractivity contribution in [3.8, 4) is 0 Å². The SMILES string of the molecule is CC(=O)[C@@H]1CC[C@H]2[C@@H]3CC[C@@H]4C[C@](C)(O)CC[C@@H]4[C@H]3CC[C@]12C. The average molecular weight is 319 g/mol. The van der Waals surface area contributed by atoms with Crippen LogP contribution >= 0.6 is 0 Å². The first kappa shape index (κ1) is 16.1. The molecule has 0 bridgehead atoms. The minimum atomic E-state index is -0.412. The second kappa shape index (κ2) is 5.31. The van der Waals surface area contributed by atoms with Crippen LogP contribution in [0.5, 0.6) is 0 Å². The Balaban J connectivity index is 1.56. The van der Waals surface area contributed by atoms with E-state index in [0.29, 0.717) is 17.1 Å². The fourth-order valence-corrected chi connectivity index (χ4v) is 7.75. The predicted molar refractivity (Wildman–Crippen MR) is 91.9 cm³/mol. The van der Waals surface area contributed by atoms with Crippen molar-refractivity contribution in [2.24, 2.45) is 40.9 Å². The van der Waals surface area contributed by atoms with E-state index < -0.39 is 5.60 Å². The maximum Gasteiger partial charge on any atom is 0.133 e. The van der Waals surface area contributed by atoms with Gasteiger partial charge >= 0.3 is 0 Å². The zero-order valence-corrected chi connectivity index (χ0v) is 15.2. The summed E-state index contributed by atoms with van der Waals surface area (Å²) in [6.07, 6.45) is 11.0. The second-order valence-electron chi connectivity index (χ2n) is 9.96. The molecule has 8 atom stereocenters. The molecule has 0 amide bonds. The fraction of sp³-hybridized carbons (Fsp3) is 0.952. The number of Topliss-reactive ketones (excluding diaryl/α,β-unsaturated/α-hetero) is 1. The highest BCUT2D eigenvalue weighted by atomic mass is 16.3. The zero-order chi connectivity index (χ0) is 16.4. The Morgan fingerprint density at radius 1 is 0.913 bits per heavy atom. The molecule has 1 N–H and O–H groups in total. The molecular weight excluding hydrogens is 284 g/mol. The van der Waals surface area contributed by atoms with Crippen molar-refractivity contribution in [1.82, 2.24) is 0 Å². The fourth-order valence-electron chi connectivity index (χ4n) is 7.75. The van der Waals surface area contributed by atoms with Crippen LogP contribution in [0.2, 0.25) is 0 Å². The molecule has 4 aliphatic rings. The molecule has 0 aromatic carbocycles. The summed E-state index contributed by atoms with van der Waals surface area (Å²) in [4.78, 5) is 12.1. The monoisotopic (exact) mass is 318 g/mol. The number of fused-ring (bicyclic) bond motifs is 5. The van der Waals surface area contributed by atoms with Crippen molar-refractivity contribution in [1.29, 1.82) is 0 Å². The maximum absolute atomic E-state index is 12.1. The van der Waals surface area contributed by atoms with Crippen molar-refractivity contribution < 1.29 is 9.90 Å². The summed E-state index contributed by atoms with van der Waals surface area (Å²) in [6, 6.07) is 0. The number of carbonyl (C=O) groups is 1. The van der Waals surface area contributed by atoms with Crippen molar-refractivity contribution in [2.75, 3.05) is 0 Å². The molecular formula is C21H34O2. The average Bonchev–Trinajstić information content (AvgIpc) is 2.83. The number of rotatable bonds is 1. The Morgan fingerprint density at radius 3 is 2.39 bits per heavy atom. The van der Waals surface area contributed by atoms with E-state index in [1.54, 1.807) is 0 Å². The summed E-state index contributed by atoms with van der Waals surface area (Å²) < 4.78 is 0. The summed E-state index contributed by atoms with van der Waals surface area (Å²) in [7, 11) is 0. The van der Waals surface area contributed by atoms with Crippen molar-refractivity contribution in [3.63, 3.8) is 0 Å². The number of ketones is 1. The normalized spacial score (nSPS) is 55.7. The molecule has 130 valence electrons. The van der Waals surface area contributed by atoms with Crippen LogP contribution in [0, 0.1) is 40.9 Å². The van der Waals surface area contributed by atoms with E-state index in [4.69, 9.17) is 0 Å². The first-order chi connectivity index (χ1) is 10.8. The largest absolute Gasteiger partial charge is 0.390 e. The topological polar surface area (TPSA) is 37.3 Å². The van der Waals surface area contributed by atoms with E-state index in [1.165, 1.54) is 38.5 Å². The lowest BCUT2D eigenvalue weighted by atomic mass is 9.49. The molecule has 0 aromatic rings. The van der Waals surface area contributed by atoms with E-state index >= 15 is 0 Å². The van der Waals surface area contributed by atoms with Gasteiger partial charge in [-0.25, -0.2) is 0 Å². The molecule has 4 aliphatic carbocycles. The molecule has 23 heavy (non-hydrogen) atoms. The molecule has 0 spiro atoms. The van der Waals surface area contributed by atoms with Gasteiger partial charge < -0.3 is 5.11 Å². The third-order valence-electron chi connectivity index (χ3n) is 8.73. The van der Waals surface area contributed by atoms with Crippen molar-refractivity contribution in [3.05, 3.63) is 0 Å². The lowest BCUT2D eigenvalue weighted by molar-refractivity contribution is -0.130. The molecule has 0 heterocycles. The van der Waals surface area contributed by atoms with E-state index in [-0.39, 0.29) is 0 Å². The van der Waals surface area contributed by atoms with Crippen LogP contribution in [0.15, 0.2) is 0 Å². The van der Waals surface area contributed by atoms with Gasteiger partial charge in [-0.3, -0.25) is 4.79 Å². The van der Waals surface area contributed by atoms with Gasteiger partial charge in [0.2, 0.25) is 0 Å². The molecule has 4 saturated carbocycles. The lowest BCUT2D eigenvalue weighted by Crippen LogP contribution is -2.50. The molecule has 0 aliphatic heterocycles. The van der Waals surface area contributed by atoms with E-state index in [2.05, 4.69) is 6.92 Å². The predicted octanol–water partition coefficient (Wildman–Crippen LogP) is 4.60. The first-order valence-corrected chi connectivity index (χ1v) is 10.0. The summed E-state index contributed by atoms with van der Waals surface area (Å²) >= 11 is 0. The quantitative estimate of drug-likeness (QED) is 0.767. The van der Waals surface area contributed by atoms with Crippen LogP contribution in [0.25, 0.3) is 0 Å². The van der Waals surface area contributed by atoms with E-state index in [0.717, 1.165) is 48.9 Å². The van der Waals surface area contributed by atoms with Gasteiger partial charge in [-0.05, 0) is 107 Å². The molecule has 4 rings (SSSR count). The number of hydrogen-bond acceptors (Lipinski definition) is 2. The van der Waals surface area contributed by atoms with Crippen LogP contribution in [0.1, 0.15) is 78.6 Å². The van der Waals surface area contributed by atoms with Gasteiger partial charge in [0.05, 0.1) is 5.60 Å². The molecule has 2 nitrogen and oxygen atoms in total. The van der Waals surface area contributed by atoms with Crippen LogP contribution in [0.4, 0.5) is 0 Å². The standard InChI is InChI=1S/C21H34O2/c1-13(22)18-6-7-19-17-5-4-14-12-20(2,23)10-8-15(14)16(17)9-11-21(18,19)3/h14-19,23H,4-12H2,1-3H3/t14-,15+,16-,17-,18+,19+,20-,21-/m1/s1. The third-order valence-corrected chi connectivity index (χ3v) is 8.73. The van der Waals surface area contributed by atoms with E-state index in [1.807, 2.05) is 13.8 Å². The number of hydrogen-bond donors (Lipinski definition) is 1. The minimum Gasteiger partial charge on any atom is -0.390 e.